The predicted molar refractivity (Wildman–Crippen MR) is 81.8 cm³/mol. The Hall–Kier alpha value is -1.78. The molecular weight excluding hydrogens is 250 g/mol. The van der Waals surface area contributed by atoms with Crippen LogP contribution < -0.4 is 5.32 Å². The summed E-state index contributed by atoms with van der Waals surface area (Å²) < 4.78 is 4.06. The summed E-state index contributed by atoms with van der Waals surface area (Å²) in [5.41, 5.74) is 4.62. The van der Waals surface area contributed by atoms with Gasteiger partial charge in [0.05, 0.1) is 29.8 Å². The molecule has 0 fully saturated rings. The van der Waals surface area contributed by atoms with E-state index in [0.717, 1.165) is 31.0 Å². The molecule has 5 nitrogen and oxygen atoms in total. The first-order valence-corrected chi connectivity index (χ1v) is 7.30. The molecule has 1 N–H and O–H groups in total. The van der Waals surface area contributed by atoms with Gasteiger partial charge >= 0.3 is 0 Å². The maximum atomic E-state index is 4.55. The molecule has 0 radical (unpaired) electrons. The standard InChI is InChI=1S/C15H25N5/c1-6-20-15(12(4)7-17-20)8-16-14-10-19(9-11(2)3)18-13(14)5/h7,10-11,16H,6,8-9H2,1-5H3. The van der Waals surface area contributed by atoms with Gasteiger partial charge in [-0.3, -0.25) is 9.36 Å². The first-order valence-electron chi connectivity index (χ1n) is 7.30. The van der Waals surface area contributed by atoms with Crippen LogP contribution in [-0.2, 0) is 19.6 Å². The van der Waals surface area contributed by atoms with Gasteiger partial charge in [0, 0.05) is 19.3 Å². The van der Waals surface area contributed by atoms with Crippen LogP contribution in [0.1, 0.15) is 37.7 Å². The summed E-state index contributed by atoms with van der Waals surface area (Å²) in [5, 5.41) is 12.4. The van der Waals surface area contributed by atoms with Crippen molar-refractivity contribution < 1.29 is 0 Å². The number of hydrogen-bond acceptors (Lipinski definition) is 3. The number of nitrogens with zero attached hydrogens (tertiary/aromatic N) is 4. The van der Waals surface area contributed by atoms with Crippen LogP contribution in [0.4, 0.5) is 5.69 Å². The van der Waals surface area contributed by atoms with Gasteiger partial charge in [-0.2, -0.15) is 10.2 Å². The molecule has 2 heterocycles. The van der Waals surface area contributed by atoms with Crippen molar-refractivity contribution in [2.45, 2.75) is 54.3 Å². The van der Waals surface area contributed by atoms with Gasteiger partial charge in [0.15, 0.2) is 0 Å². The highest BCUT2D eigenvalue weighted by atomic mass is 15.3. The van der Waals surface area contributed by atoms with Gasteiger partial charge in [-0.25, -0.2) is 0 Å². The number of aryl methyl sites for hydroxylation is 3. The van der Waals surface area contributed by atoms with E-state index in [4.69, 9.17) is 0 Å². The van der Waals surface area contributed by atoms with Crippen molar-refractivity contribution in [3.8, 4) is 0 Å². The van der Waals surface area contributed by atoms with Crippen molar-refractivity contribution in [1.29, 1.82) is 0 Å². The van der Waals surface area contributed by atoms with E-state index in [1.54, 1.807) is 0 Å². The van der Waals surface area contributed by atoms with Crippen molar-refractivity contribution in [3.63, 3.8) is 0 Å². The van der Waals surface area contributed by atoms with E-state index in [2.05, 4.69) is 49.4 Å². The van der Waals surface area contributed by atoms with Crippen molar-refractivity contribution in [1.82, 2.24) is 19.6 Å². The van der Waals surface area contributed by atoms with Crippen molar-refractivity contribution >= 4 is 5.69 Å². The molecular formula is C15H25N5. The van der Waals surface area contributed by atoms with Gasteiger partial charge in [0.25, 0.3) is 0 Å². The molecule has 2 rings (SSSR count). The maximum Gasteiger partial charge on any atom is 0.0825 e. The quantitative estimate of drug-likeness (QED) is 0.881. The van der Waals surface area contributed by atoms with Crippen molar-refractivity contribution in [2.75, 3.05) is 5.32 Å². The fourth-order valence-corrected chi connectivity index (χ4v) is 2.35. The molecule has 20 heavy (non-hydrogen) atoms. The Bertz CT molecular complexity index is 565. The van der Waals surface area contributed by atoms with Crippen LogP contribution in [0.15, 0.2) is 12.4 Å². The monoisotopic (exact) mass is 275 g/mol. The van der Waals surface area contributed by atoms with Gasteiger partial charge in [-0.15, -0.1) is 0 Å². The minimum atomic E-state index is 0.603. The Morgan fingerprint density at radius 2 is 2.05 bits per heavy atom. The highest BCUT2D eigenvalue weighted by molar-refractivity contribution is 5.46. The van der Waals surface area contributed by atoms with Crippen LogP contribution >= 0.6 is 0 Å². The molecule has 0 spiro atoms. The van der Waals surface area contributed by atoms with Gasteiger partial charge in [0.1, 0.15) is 0 Å². The fourth-order valence-electron chi connectivity index (χ4n) is 2.35. The minimum absolute atomic E-state index is 0.603. The summed E-state index contributed by atoms with van der Waals surface area (Å²) in [6.07, 6.45) is 4.02. The zero-order valence-electron chi connectivity index (χ0n) is 13.1. The molecule has 0 saturated carbocycles. The van der Waals surface area contributed by atoms with E-state index in [9.17, 15) is 0 Å². The summed E-state index contributed by atoms with van der Waals surface area (Å²) in [5.74, 6) is 0.603. The Labute approximate surface area is 121 Å². The zero-order chi connectivity index (χ0) is 14.7. The average molecular weight is 275 g/mol. The molecule has 0 aliphatic heterocycles. The molecule has 5 heteroatoms. The molecule has 0 bridgehead atoms. The van der Waals surface area contributed by atoms with Gasteiger partial charge in [0.2, 0.25) is 0 Å². The lowest BCUT2D eigenvalue weighted by molar-refractivity contribution is 0.481. The smallest absolute Gasteiger partial charge is 0.0825 e. The van der Waals surface area contributed by atoms with Gasteiger partial charge in [-0.1, -0.05) is 13.8 Å². The molecule has 0 atom stereocenters. The van der Waals surface area contributed by atoms with Crippen molar-refractivity contribution in [3.05, 3.63) is 29.3 Å². The lowest BCUT2D eigenvalue weighted by Crippen LogP contribution is -2.09. The van der Waals surface area contributed by atoms with E-state index in [0.29, 0.717) is 5.92 Å². The lowest BCUT2D eigenvalue weighted by Gasteiger charge is -2.08. The van der Waals surface area contributed by atoms with Crippen LogP contribution in [0.25, 0.3) is 0 Å². The highest BCUT2D eigenvalue weighted by Gasteiger charge is 2.09. The Morgan fingerprint density at radius 1 is 1.30 bits per heavy atom. The number of anilines is 1. The largest absolute Gasteiger partial charge is 0.377 e. The first kappa shape index (κ1) is 14.6. The second-order valence-electron chi connectivity index (χ2n) is 5.69. The van der Waals surface area contributed by atoms with E-state index < -0.39 is 0 Å². The Kier molecular flexibility index (Phi) is 4.47. The average Bonchev–Trinajstić information content (AvgIpc) is 2.89. The molecule has 0 saturated heterocycles. The molecule has 2 aromatic rings. The molecule has 0 aliphatic rings. The van der Waals surface area contributed by atoms with Crippen LogP contribution in [-0.4, -0.2) is 19.6 Å². The Morgan fingerprint density at radius 3 is 2.70 bits per heavy atom. The summed E-state index contributed by atoms with van der Waals surface area (Å²) in [6.45, 7) is 13.3. The maximum absolute atomic E-state index is 4.55. The van der Waals surface area contributed by atoms with Crippen LogP contribution in [0, 0.1) is 19.8 Å². The highest BCUT2D eigenvalue weighted by Crippen LogP contribution is 2.16. The molecule has 0 amide bonds. The van der Waals surface area contributed by atoms with Crippen LogP contribution in [0.2, 0.25) is 0 Å². The zero-order valence-corrected chi connectivity index (χ0v) is 13.1. The summed E-state index contributed by atoms with van der Waals surface area (Å²) >= 11 is 0. The minimum Gasteiger partial charge on any atom is -0.377 e. The number of nitrogens with one attached hydrogen (secondary N) is 1. The molecule has 0 unspecified atom stereocenters. The fraction of sp³-hybridized carbons (Fsp3) is 0.600. The third-order valence-corrected chi connectivity index (χ3v) is 3.40. The van der Waals surface area contributed by atoms with Crippen LogP contribution in [0.3, 0.4) is 0 Å². The Balaban J connectivity index is 2.07. The third-order valence-electron chi connectivity index (χ3n) is 3.40. The van der Waals surface area contributed by atoms with Gasteiger partial charge < -0.3 is 5.32 Å². The predicted octanol–water partition coefficient (Wildman–Crippen LogP) is 2.98. The molecule has 0 aliphatic carbocycles. The number of aromatic nitrogens is 4. The molecule has 0 aromatic carbocycles. The molecule has 2 aromatic heterocycles. The number of rotatable bonds is 6. The van der Waals surface area contributed by atoms with E-state index in [-0.39, 0.29) is 0 Å². The summed E-state index contributed by atoms with van der Waals surface area (Å²) in [7, 11) is 0. The van der Waals surface area contributed by atoms with Crippen LogP contribution in [0.5, 0.6) is 0 Å². The van der Waals surface area contributed by atoms with Gasteiger partial charge in [-0.05, 0) is 32.3 Å². The van der Waals surface area contributed by atoms with E-state index >= 15 is 0 Å². The number of hydrogen-bond donors (Lipinski definition) is 1. The van der Waals surface area contributed by atoms with Crippen molar-refractivity contribution in [2.24, 2.45) is 5.92 Å². The van der Waals surface area contributed by atoms with E-state index in [1.807, 2.05) is 22.5 Å². The second kappa shape index (κ2) is 6.11. The molecule has 110 valence electrons. The first-order chi connectivity index (χ1) is 9.51. The lowest BCUT2D eigenvalue weighted by atomic mass is 10.2. The summed E-state index contributed by atoms with van der Waals surface area (Å²) in [6, 6.07) is 0. The topological polar surface area (TPSA) is 47.7 Å². The normalized spacial score (nSPS) is 11.3. The SMILES string of the molecule is CCn1ncc(C)c1CNc1cn(CC(C)C)nc1C. The summed E-state index contributed by atoms with van der Waals surface area (Å²) in [4.78, 5) is 0. The van der Waals surface area contributed by atoms with E-state index in [1.165, 1.54) is 11.3 Å². The second-order valence-corrected chi connectivity index (χ2v) is 5.69. The third kappa shape index (κ3) is 3.21.